The summed E-state index contributed by atoms with van der Waals surface area (Å²) in [6.45, 7) is 4.01. The minimum Gasteiger partial charge on any atom is -0.464 e. The molecule has 1 aromatic rings. The molecule has 16 heavy (non-hydrogen) atoms. The van der Waals surface area contributed by atoms with Crippen molar-refractivity contribution < 1.29 is 9.53 Å². The van der Waals surface area contributed by atoms with Crippen molar-refractivity contribution >= 4 is 23.4 Å². The van der Waals surface area contributed by atoms with Crippen LogP contribution in [0.25, 0.3) is 0 Å². The molecule has 0 spiro atoms. The van der Waals surface area contributed by atoms with Crippen LogP contribution in [0.4, 0.5) is 5.69 Å². The molecule has 0 radical (unpaired) electrons. The van der Waals surface area contributed by atoms with Gasteiger partial charge in [0.05, 0.1) is 6.61 Å². The third-order valence-electron chi connectivity index (χ3n) is 2.09. The fourth-order valence-corrected chi connectivity index (χ4v) is 1.75. The van der Waals surface area contributed by atoms with Crippen LogP contribution in [0.3, 0.4) is 0 Å². The standard InChI is InChI=1S/C12H17NO2S/c1-4-15-12(14)9(2)13-10-6-5-7-11(8-10)16-3/h5-9,13H,4H2,1-3H3. The van der Waals surface area contributed by atoms with E-state index in [0.717, 1.165) is 5.69 Å². The lowest BCUT2D eigenvalue weighted by atomic mass is 10.2. The predicted octanol–water partition coefficient (Wildman–Crippen LogP) is 2.77. The van der Waals surface area contributed by atoms with Gasteiger partial charge >= 0.3 is 5.97 Å². The van der Waals surface area contributed by atoms with Crippen LogP contribution in [0.15, 0.2) is 29.2 Å². The number of carbonyl (C=O) groups excluding carboxylic acids is 1. The minimum atomic E-state index is -0.322. The molecule has 0 saturated heterocycles. The van der Waals surface area contributed by atoms with Crippen LogP contribution in [0.5, 0.6) is 0 Å². The Bertz CT molecular complexity index is 355. The monoisotopic (exact) mass is 239 g/mol. The van der Waals surface area contributed by atoms with E-state index in [9.17, 15) is 4.79 Å². The molecule has 0 heterocycles. The summed E-state index contributed by atoms with van der Waals surface area (Å²) in [6.07, 6.45) is 2.02. The highest BCUT2D eigenvalue weighted by molar-refractivity contribution is 7.98. The van der Waals surface area contributed by atoms with E-state index < -0.39 is 0 Å². The molecule has 4 heteroatoms. The van der Waals surface area contributed by atoms with E-state index in [0.29, 0.717) is 6.61 Å². The van der Waals surface area contributed by atoms with Crippen molar-refractivity contribution in [1.29, 1.82) is 0 Å². The van der Waals surface area contributed by atoms with E-state index in [1.807, 2.05) is 30.5 Å². The summed E-state index contributed by atoms with van der Waals surface area (Å²) in [7, 11) is 0. The van der Waals surface area contributed by atoms with Crippen LogP contribution in [0, 0.1) is 0 Å². The van der Waals surface area contributed by atoms with Crippen molar-refractivity contribution in [3.05, 3.63) is 24.3 Å². The van der Waals surface area contributed by atoms with Crippen molar-refractivity contribution in [3.63, 3.8) is 0 Å². The molecule has 1 aromatic carbocycles. The third kappa shape index (κ3) is 3.77. The fraction of sp³-hybridized carbons (Fsp3) is 0.417. The highest BCUT2D eigenvalue weighted by Crippen LogP contribution is 2.19. The number of carbonyl (C=O) groups is 1. The van der Waals surface area contributed by atoms with Gasteiger partial charge < -0.3 is 10.1 Å². The largest absolute Gasteiger partial charge is 0.464 e. The van der Waals surface area contributed by atoms with Crippen LogP contribution < -0.4 is 5.32 Å². The van der Waals surface area contributed by atoms with Gasteiger partial charge in [-0.25, -0.2) is 4.79 Å². The molecule has 0 saturated carbocycles. The zero-order valence-corrected chi connectivity index (χ0v) is 10.6. The maximum Gasteiger partial charge on any atom is 0.328 e. The highest BCUT2D eigenvalue weighted by Gasteiger charge is 2.13. The van der Waals surface area contributed by atoms with Crippen molar-refractivity contribution in [2.75, 3.05) is 18.2 Å². The van der Waals surface area contributed by atoms with Gasteiger partial charge in [0.1, 0.15) is 6.04 Å². The van der Waals surface area contributed by atoms with Crippen molar-refractivity contribution in [2.24, 2.45) is 0 Å². The van der Waals surface area contributed by atoms with E-state index in [4.69, 9.17) is 4.74 Å². The molecule has 0 amide bonds. The number of benzene rings is 1. The van der Waals surface area contributed by atoms with Gasteiger partial charge in [-0.1, -0.05) is 6.07 Å². The number of ether oxygens (including phenoxy) is 1. The summed E-state index contributed by atoms with van der Waals surface area (Å²) in [5.41, 5.74) is 0.937. The number of anilines is 1. The molecule has 0 aromatic heterocycles. The molecule has 1 atom stereocenters. The van der Waals surface area contributed by atoms with Gasteiger partial charge in [-0.15, -0.1) is 11.8 Å². The predicted molar refractivity (Wildman–Crippen MR) is 67.9 cm³/mol. The van der Waals surface area contributed by atoms with E-state index in [1.54, 1.807) is 25.6 Å². The van der Waals surface area contributed by atoms with Gasteiger partial charge in [0.15, 0.2) is 0 Å². The fourth-order valence-electron chi connectivity index (χ4n) is 1.29. The Balaban J connectivity index is 2.61. The van der Waals surface area contributed by atoms with Crippen LogP contribution in [-0.4, -0.2) is 24.9 Å². The topological polar surface area (TPSA) is 38.3 Å². The number of hydrogen-bond donors (Lipinski definition) is 1. The quantitative estimate of drug-likeness (QED) is 0.633. The van der Waals surface area contributed by atoms with Gasteiger partial charge in [0.25, 0.3) is 0 Å². The van der Waals surface area contributed by atoms with Gasteiger partial charge in [-0.3, -0.25) is 0 Å². The molecule has 0 aliphatic carbocycles. The summed E-state index contributed by atoms with van der Waals surface area (Å²) in [5.74, 6) is -0.225. The first kappa shape index (κ1) is 12.9. The Hall–Kier alpha value is -1.16. The second kappa shape index (κ2) is 6.43. The lowest BCUT2D eigenvalue weighted by Crippen LogP contribution is -2.28. The Morgan fingerprint density at radius 1 is 1.56 bits per heavy atom. The van der Waals surface area contributed by atoms with Crippen molar-refractivity contribution in [3.8, 4) is 0 Å². The zero-order chi connectivity index (χ0) is 12.0. The highest BCUT2D eigenvalue weighted by atomic mass is 32.2. The Morgan fingerprint density at radius 3 is 2.94 bits per heavy atom. The molecule has 0 fully saturated rings. The summed E-state index contributed by atoms with van der Waals surface area (Å²) in [6, 6.07) is 7.63. The zero-order valence-electron chi connectivity index (χ0n) is 9.82. The number of thioether (sulfide) groups is 1. The van der Waals surface area contributed by atoms with Gasteiger partial charge in [0, 0.05) is 10.6 Å². The van der Waals surface area contributed by atoms with Crippen LogP contribution in [0.1, 0.15) is 13.8 Å². The van der Waals surface area contributed by atoms with E-state index in [2.05, 4.69) is 5.32 Å². The normalized spacial score (nSPS) is 11.9. The number of rotatable bonds is 5. The first-order valence-corrected chi connectivity index (χ1v) is 6.47. The van der Waals surface area contributed by atoms with Crippen LogP contribution >= 0.6 is 11.8 Å². The molecule has 88 valence electrons. The first-order chi connectivity index (χ1) is 7.67. The number of hydrogen-bond acceptors (Lipinski definition) is 4. The maximum atomic E-state index is 11.4. The third-order valence-corrected chi connectivity index (χ3v) is 2.82. The van der Waals surface area contributed by atoms with Crippen molar-refractivity contribution in [2.45, 2.75) is 24.8 Å². The van der Waals surface area contributed by atoms with Gasteiger partial charge in [-0.2, -0.15) is 0 Å². The van der Waals surface area contributed by atoms with Crippen LogP contribution in [0.2, 0.25) is 0 Å². The molecular formula is C12H17NO2S. The Kier molecular flexibility index (Phi) is 5.19. The molecule has 1 unspecified atom stereocenters. The van der Waals surface area contributed by atoms with Gasteiger partial charge in [0.2, 0.25) is 0 Å². The molecule has 0 aliphatic heterocycles. The summed E-state index contributed by atoms with van der Waals surface area (Å²) in [4.78, 5) is 12.6. The Labute approximate surface area is 101 Å². The number of esters is 1. The maximum absolute atomic E-state index is 11.4. The molecular weight excluding hydrogens is 222 g/mol. The summed E-state index contributed by atoms with van der Waals surface area (Å²) >= 11 is 1.67. The summed E-state index contributed by atoms with van der Waals surface area (Å²) in [5, 5.41) is 3.11. The lowest BCUT2D eigenvalue weighted by molar-refractivity contribution is -0.143. The minimum absolute atomic E-state index is 0.225. The Morgan fingerprint density at radius 2 is 2.31 bits per heavy atom. The average molecular weight is 239 g/mol. The second-order valence-electron chi connectivity index (χ2n) is 3.35. The number of nitrogens with one attached hydrogen (secondary N) is 1. The SMILES string of the molecule is CCOC(=O)C(C)Nc1cccc(SC)c1. The second-order valence-corrected chi connectivity index (χ2v) is 4.23. The summed E-state index contributed by atoms with van der Waals surface area (Å²) < 4.78 is 4.93. The molecule has 0 bridgehead atoms. The molecule has 1 rings (SSSR count). The lowest BCUT2D eigenvalue weighted by Gasteiger charge is -2.14. The van der Waals surface area contributed by atoms with E-state index >= 15 is 0 Å². The smallest absolute Gasteiger partial charge is 0.328 e. The molecule has 1 N–H and O–H groups in total. The van der Waals surface area contributed by atoms with Gasteiger partial charge in [-0.05, 0) is 38.3 Å². The van der Waals surface area contributed by atoms with E-state index in [-0.39, 0.29) is 12.0 Å². The van der Waals surface area contributed by atoms with E-state index in [1.165, 1.54) is 4.90 Å². The van der Waals surface area contributed by atoms with Crippen molar-refractivity contribution in [1.82, 2.24) is 0 Å². The molecule has 0 aliphatic rings. The first-order valence-electron chi connectivity index (χ1n) is 5.24. The van der Waals surface area contributed by atoms with Crippen LogP contribution in [-0.2, 0) is 9.53 Å². The average Bonchev–Trinajstić information content (AvgIpc) is 2.29. The molecule has 3 nitrogen and oxygen atoms in total.